The molecule has 2 aliphatic rings. The van der Waals surface area contributed by atoms with Crippen molar-refractivity contribution in [3.63, 3.8) is 0 Å². The molecule has 0 nitrogen and oxygen atoms in total. The first-order chi connectivity index (χ1) is 10.1. The zero-order valence-electron chi connectivity index (χ0n) is 14.2. The topological polar surface area (TPSA) is 0 Å². The van der Waals surface area contributed by atoms with Crippen LogP contribution < -0.4 is 24.8 Å². The Labute approximate surface area is 164 Å². The molecule has 3 rings (SSSR count). The summed E-state index contributed by atoms with van der Waals surface area (Å²) in [6.45, 7) is 9.38. The van der Waals surface area contributed by atoms with Crippen molar-refractivity contribution in [3.8, 4) is 0 Å². The Morgan fingerprint density at radius 3 is 2.35 bits per heavy atom. The number of hydrogen-bond donors (Lipinski definition) is 0. The largest absolute Gasteiger partial charge is 1.00 e. The maximum absolute atomic E-state index is 2.55. The molecule has 0 saturated heterocycles. The normalized spacial score (nSPS) is 21.3. The number of fused-ring (bicyclic) bond motifs is 1. The minimum atomic E-state index is -0.600. The van der Waals surface area contributed by atoms with Gasteiger partial charge in [-0.3, -0.25) is 0 Å². The molecule has 0 spiro atoms. The van der Waals surface area contributed by atoms with E-state index in [4.69, 9.17) is 0 Å². The van der Waals surface area contributed by atoms with Crippen molar-refractivity contribution in [2.24, 2.45) is 17.8 Å². The molecule has 3 heteroatoms. The number of rotatable bonds is 4. The maximum atomic E-state index is 2.55. The van der Waals surface area contributed by atoms with Gasteiger partial charge in [0.2, 0.25) is 0 Å². The number of benzene rings is 1. The van der Waals surface area contributed by atoms with Gasteiger partial charge >= 0.3 is 141 Å². The SMILES string of the molecule is CC(C)C1=CC(C(C)C)[C]([Zr+2][CH]2C=Cc3ccccc32)=C1.[Cl-].[Cl-]. The predicted molar refractivity (Wildman–Crippen MR) is 87.5 cm³/mol. The minimum Gasteiger partial charge on any atom is -1.00 e. The fraction of sp³-hybridized carbons (Fsp3) is 0.400. The Morgan fingerprint density at radius 2 is 1.70 bits per heavy atom. The third-order valence-electron chi connectivity index (χ3n) is 4.56. The van der Waals surface area contributed by atoms with Crippen LogP contribution in [-0.4, -0.2) is 0 Å². The molecule has 0 amide bonds. The molecule has 0 heterocycles. The van der Waals surface area contributed by atoms with Crippen LogP contribution in [0.4, 0.5) is 0 Å². The van der Waals surface area contributed by atoms with Crippen LogP contribution in [0.15, 0.2) is 51.3 Å². The van der Waals surface area contributed by atoms with Crippen LogP contribution in [-0.2, 0) is 23.2 Å². The fourth-order valence-corrected chi connectivity index (χ4v) is 7.72. The van der Waals surface area contributed by atoms with Gasteiger partial charge in [-0.05, 0) is 0 Å². The van der Waals surface area contributed by atoms with E-state index in [1.807, 2.05) is 0 Å². The van der Waals surface area contributed by atoms with E-state index in [-0.39, 0.29) is 24.8 Å². The van der Waals surface area contributed by atoms with Crippen molar-refractivity contribution in [2.75, 3.05) is 0 Å². The monoisotopic (exact) mass is 424 g/mol. The van der Waals surface area contributed by atoms with Gasteiger partial charge in [-0.1, -0.05) is 0 Å². The number of allylic oxidation sites excluding steroid dienone is 5. The molecule has 1 aromatic carbocycles. The molecule has 0 saturated carbocycles. The third kappa shape index (κ3) is 4.50. The van der Waals surface area contributed by atoms with Crippen molar-refractivity contribution in [1.82, 2.24) is 0 Å². The molecular weight excluding hydrogens is 402 g/mol. The van der Waals surface area contributed by atoms with Crippen molar-refractivity contribution < 1.29 is 48.0 Å². The second-order valence-electron chi connectivity index (χ2n) is 6.80. The van der Waals surface area contributed by atoms with Gasteiger partial charge in [-0.15, -0.1) is 0 Å². The molecule has 2 aliphatic carbocycles. The van der Waals surface area contributed by atoms with E-state index in [9.17, 15) is 0 Å². The van der Waals surface area contributed by atoms with Gasteiger partial charge in [0.1, 0.15) is 0 Å². The van der Waals surface area contributed by atoms with Gasteiger partial charge in [0, 0.05) is 0 Å². The standard InChI is InChI=1S/C11H17.C9H7.2ClH.Zr/c1-8(2)10-5-6-11(7-10)9(3)4;1-2-5-9-7-3-6-8(9)4-1;;;/h5,7-9,11H,1-4H3;1-7H;2*1H;/q;;;;+2/p-2. The average Bonchev–Trinajstić information content (AvgIpc) is 3.04. The molecule has 0 aromatic heterocycles. The van der Waals surface area contributed by atoms with Crippen LogP contribution in [0.5, 0.6) is 0 Å². The Morgan fingerprint density at radius 1 is 1.00 bits per heavy atom. The van der Waals surface area contributed by atoms with Gasteiger partial charge in [-0.25, -0.2) is 0 Å². The van der Waals surface area contributed by atoms with Crippen LogP contribution in [0.25, 0.3) is 6.08 Å². The fourth-order valence-electron chi connectivity index (χ4n) is 3.22. The van der Waals surface area contributed by atoms with Crippen LogP contribution >= 0.6 is 0 Å². The molecule has 23 heavy (non-hydrogen) atoms. The molecule has 0 radical (unpaired) electrons. The van der Waals surface area contributed by atoms with Gasteiger partial charge in [-0.2, -0.15) is 0 Å². The average molecular weight is 427 g/mol. The third-order valence-corrected chi connectivity index (χ3v) is 8.56. The van der Waals surface area contributed by atoms with Gasteiger partial charge < -0.3 is 24.8 Å². The second kappa shape index (κ2) is 8.84. The first-order valence-electron chi connectivity index (χ1n) is 8.03. The van der Waals surface area contributed by atoms with Gasteiger partial charge in [0.25, 0.3) is 0 Å². The smallest absolute Gasteiger partial charge is 1.00 e. The predicted octanol–water partition coefficient (Wildman–Crippen LogP) is -0.403. The minimum absolute atomic E-state index is 0. The summed E-state index contributed by atoms with van der Waals surface area (Å²) < 4.78 is 2.53. The van der Waals surface area contributed by atoms with Crippen molar-refractivity contribution in [2.45, 2.75) is 31.3 Å². The summed E-state index contributed by atoms with van der Waals surface area (Å²) in [7, 11) is 0. The summed E-state index contributed by atoms with van der Waals surface area (Å²) in [6, 6.07) is 8.93. The molecule has 2 unspecified atom stereocenters. The van der Waals surface area contributed by atoms with Crippen molar-refractivity contribution in [1.29, 1.82) is 0 Å². The Kier molecular flexibility index (Phi) is 8.05. The summed E-state index contributed by atoms with van der Waals surface area (Å²) in [5.41, 5.74) is 4.59. The molecule has 0 N–H and O–H groups in total. The molecule has 122 valence electrons. The number of halogens is 2. The summed E-state index contributed by atoms with van der Waals surface area (Å²) in [5.74, 6) is 2.10. The van der Waals surface area contributed by atoms with Crippen LogP contribution in [0.3, 0.4) is 0 Å². The maximum Gasteiger partial charge on any atom is -1.00 e. The van der Waals surface area contributed by atoms with E-state index >= 15 is 0 Å². The number of hydrogen-bond acceptors (Lipinski definition) is 0. The summed E-state index contributed by atoms with van der Waals surface area (Å²) in [4.78, 5) is 0. The second-order valence-corrected chi connectivity index (χ2v) is 10.5. The van der Waals surface area contributed by atoms with Crippen molar-refractivity contribution in [3.05, 3.63) is 62.5 Å². The van der Waals surface area contributed by atoms with E-state index in [1.54, 1.807) is 14.4 Å². The zero-order valence-corrected chi connectivity index (χ0v) is 18.2. The molecule has 0 aliphatic heterocycles. The van der Waals surface area contributed by atoms with E-state index in [0.29, 0.717) is 11.8 Å². The van der Waals surface area contributed by atoms with Crippen LogP contribution in [0, 0.1) is 17.8 Å². The summed E-state index contributed by atoms with van der Waals surface area (Å²) in [6.07, 6.45) is 9.90. The first-order valence-corrected chi connectivity index (χ1v) is 10.7. The first kappa shape index (κ1) is 20.9. The molecular formula is C20H24Cl2Zr. The van der Waals surface area contributed by atoms with E-state index in [1.165, 1.54) is 5.56 Å². The Balaban J connectivity index is 0.00000132. The summed E-state index contributed by atoms with van der Waals surface area (Å²) in [5, 5.41) is 0. The van der Waals surface area contributed by atoms with Gasteiger partial charge in [0.15, 0.2) is 0 Å². The Hall–Kier alpha value is -0.0969. The summed E-state index contributed by atoms with van der Waals surface area (Å²) >= 11 is -0.600. The molecule has 0 fully saturated rings. The van der Waals surface area contributed by atoms with Gasteiger partial charge in [0.05, 0.1) is 0 Å². The van der Waals surface area contributed by atoms with E-state index in [2.05, 4.69) is 76.3 Å². The Bertz CT molecular complexity index is 626. The zero-order chi connectivity index (χ0) is 15.0. The quantitative estimate of drug-likeness (QED) is 0.615. The van der Waals surface area contributed by atoms with E-state index in [0.717, 1.165) is 9.54 Å². The molecule has 0 bridgehead atoms. The van der Waals surface area contributed by atoms with Crippen LogP contribution in [0.1, 0.15) is 42.4 Å². The van der Waals surface area contributed by atoms with E-state index < -0.39 is 23.2 Å². The van der Waals surface area contributed by atoms with Crippen molar-refractivity contribution >= 4 is 6.08 Å². The van der Waals surface area contributed by atoms with Crippen LogP contribution in [0.2, 0.25) is 0 Å². The molecule has 2 atom stereocenters. The molecule has 1 aromatic rings.